The molecule has 2 aromatic rings. The monoisotopic (exact) mass is 353 g/mol. The molecule has 122 valence electrons. The van der Waals surface area contributed by atoms with E-state index in [0.717, 1.165) is 5.56 Å². The minimum atomic E-state index is -0.286. The molecule has 1 amide bonds. The SMILES string of the molecule is CC(Sc1nnc(-c2ccc(Cl)cc2)o1)C(=O)N1CCOCC1. The van der Waals surface area contributed by atoms with E-state index >= 15 is 0 Å². The molecule has 1 aromatic carbocycles. The summed E-state index contributed by atoms with van der Waals surface area (Å²) in [6.07, 6.45) is 0. The molecule has 1 aliphatic heterocycles. The van der Waals surface area contributed by atoms with Gasteiger partial charge in [-0.15, -0.1) is 10.2 Å². The standard InChI is InChI=1S/C15H16ClN3O3S/c1-10(14(20)19-6-8-21-9-7-19)23-15-18-17-13(22-15)11-2-4-12(16)5-3-11/h2-5,10H,6-9H2,1H3. The molecule has 0 radical (unpaired) electrons. The highest BCUT2D eigenvalue weighted by Crippen LogP contribution is 2.27. The highest BCUT2D eigenvalue weighted by molar-refractivity contribution is 8.00. The highest BCUT2D eigenvalue weighted by atomic mass is 35.5. The number of morpholine rings is 1. The predicted molar refractivity (Wildman–Crippen MR) is 87.5 cm³/mol. The number of nitrogens with zero attached hydrogens (tertiary/aromatic N) is 3. The third-order valence-corrected chi connectivity index (χ3v) is 4.62. The lowest BCUT2D eigenvalue weighted by molar-refractivity contribution is -0.134. The van der Waals surface area contributed by atoms with Gasteiger partial charge < -0.3 is 14.1 Å². The van der Waals surface area contributed by atoms with Gasteiger partial charge in [0.2, 0.25) is 11.8 Å². The van der Waals surface area contributed by atoms with Gasteiger partial charge in [-0.2, -0.15) is 0 Å². The fraction of sp³-hybridized carbons (Fsp3) is 0.400. The zero-order valence-corrected chi connectivity index (χ0v) is 14.1. The topological polar surface area (TPSA) is 68.5 Å². The van der Waals surface area contributed by atoms with Crippen LogP contribution in [0.15, 0.2) is 33.9 Å². The number of hydrogen-bond acceptors (Lipinski definition) is 6. The number of ether oxygens (including phenoxy) is 1. The molecule has 0 N–H and O–H groups in total. The minimum absolute atomic E-state index is 0.0598. The van der Waals surface area contributed by atoms with Crippen molar-refractivity contribution < 1.29 is 13.9 Å². The largest absolute Gasteiger partial charge is 0.411 e. The fourth-order valence-electron chi connectivity index (χ4n) is 2.21. The maximum atomic E-state index is 12.4. The molecule has 1 aliphatic rings. The van der Waals surface area contributed by atoms with Crippen molar-refractivity contribution >= 4 is 29.3 Å². The van der Waals surface area contributed by atoms with Gasteiger partial charge in [0.05, 0.1) is 18.5 Å². The van der Waals surface area contributed by atoms with E-state index in [-0.39, 0.29) is 11.2 Å². The van der Waals surface area contributed by atoms with E-state index in [0.29, 0.717) is 42.4 Å². The number of thioether (sulfide) groups is 1. The Bertz CT molecular complexity index is 671. The fourth-order valence-corrected chi connectivity index (χ4v) is 3.10. The molecule has 1 unspecified atom stereocenters. The molecule has 1 aromatic heterocycles. The summed E-state index contributed by atoms with van der Waals surface area (Å²) in [7, 11) is 0. The molecule has 0 saturated carbocycles. The molecule has 8 heteroatoms. The summed E-state index contributed by atoms with van der Waals surface area (Å²) < 4.78 is 10.9. The van der Waals surface area contributed by atoms with Crippen molar-refractivity contribution in [2.24, 2.45) is 0 Å². The Kier molecular flexibility index (Phi) is 5.20. The van der Waals surface area contributed by atoms with E-state index in [4.69, 9.17) is 20.8 Å². The van der Waals surface area contributed by atoms with Crippen LogP contribution in [0.4, 0.5) is 0 Å². The van der Waals surface area contributed by atoms with Gasteiger partial charge in [-0.25, -0.2) is 0 Å². The minimum Gasteiger partial charge on any atom is -0.411 e. The third-order valence-electron chi connectivity index (χ3n) is 3.45. The molecule has 1 atom stereocenters. The molecule has 23 heavy (non-hydrogen) atoms. The summed E-state index contributed by atoms with van der Waals surface area (Å²) in [5.41, 5.74) is 0.793. The number of halogens is 1. The second kappa shape index (κ2) is 7.33. The van der Waals surface area contributed by atoms with Crippen LogP contribution >= 0.6 is 23.4 Å². The van der Waals surface area contributed by atoms with Gasteiger partial charge >= 0.3 is 0 Å². The number of amides is 1. The number of carbonyl (C=O) groups excluding carboxylic acids is 1. The van der Waals surface area contributed by atoms with Crippen molar-refractivity contribution in [3.63, 3.8) is 0 Å². The van der Waals surface area contributed by atoms with Crippen molar-refractivity contribution in [2.45, 2.75) is 17.4 Å². The maximum absolute atomic E-state index is 12.4. The summed E-state index contributed by atoms with van der Waals surface area (Å²) in [4.78, 5) is 14.2. The van der Waals surface area contributed by atoms with Crippen molar-refractivity contribution in [1.29, 1.82) is 0 Å². The van der Waals surface area contributed by atoms with Crippen LogP contribution < -0.4 is 0 Å². The molecule has 0 spiro atoms. The highest BCUT2D eigenvalue weighted by Gasteiger charge is 2.25. The Morgan fingerprint density at radius 3 is 2.65 bits per heavy atom. The molecular weight excluding hydrogens is 338 g/mol. The Morgan fingerprint density at radius 2 is 1.96 bits per heavy atom. The normalized spacial score (nSPS) is 16.3. The van der Waals surface area contributed by atoms with E-state index < -0.39 is 0 Å². The summed E-state index contributed by atoms with van der Waals surface area (Å²) in [5, 5.41) is 8.76. The first-order valence-corrected chi connectivity index (χ1v) is 8.52. The average Bonchev–Trinajstić information content (AvgIpc) is 3.04. The predicted octanol–water partition coefficient (Wildman–Crippen LogP) is 2.73. The smallest absolute Gasteiger partial charge is 0.277 e. The maximum Gasteiger partial charge on any atom is 0.277 e. The summed E-state index contributed by atoms with van der Waals surface area (Å²) in [5.74, 6) is 0.472. The number of aromatic nitrogens is 2. The number of carbonyl (C=O) groups is 1. The van der Waals surface area contributed by atoms with Gasteiger partial charge in [0, 0.05) is 23.7 Å². The molecule has 2 heterocycles. The van der Waals surface area contributed by atoms with Crippen LogP contribution in [0.5, 0.6) is 0 Å². The first-order chi connectivity index (χ1) is 11.1. The van der Waals surface area contributed by atoms with Crippen LogP contribution in [0.2, 0.25) is 5.02 Å². The van der Waals surface area contributed by atoms with E-state index in [1.54, 1.807) is 17.0 Å². The Balaban J connectivity index is 1.64. The van der Waals surface area contributed by atoms with Gasteiger partial charge in [-0.3, -0.25) is 4.79 Å². The Labute approximate surface area is 143 Å². The second-order valence-electron chi connectivity index (χ2n) is 5.08. The van der Waals surface area contributed by atoms with Crippen LogP contribution in [0.3, 0.4) is 0 Å². The molecule has 3 rings (SSSR count). The van der Waals surface area contributed by atoms with Gasteiger partial charge in [-0.05, 0) is 31.2 Å². The molecule has 1 fully saturated rings. The van der Waals surface area contributed by atoms with Gasteiger partial charge in [-0.1, -0.05) is 23.4 Å². The number of benzene rings is 1. The number of hydrogen-bond donors (Lipinski definition) is 0. The van der Waals surface area contributed by atoms with Crippen molar-refractivity contribution in [3.8, 4) is 11.5 Å². The summed E-state index contributed by atoms with van der Waals surface area (Å²) in [6.45, 7) is 4.27. The second-order valence-corrected chi connectivity index (χ2v) is 6.81. The Hall–Kier alpha value is -1.57. The van der Waals surface area contributed by atoms with Crippen LogP contribution in [-0.4, -0.2) is 52.6 Å². The zero-order valence-electron chi connectivity index (χ0n) is 12.6. The van der Waals surface area contributed by atoms with E-state index in [1.807, 2.05) is 19.1 Å². The van der Waals surface area contributed by atoms with Crippen molar-refractivity contribution in [1.82, 2.24) is 15.1 Å². The molecular formula is C15H16ClN3O3S. The summed E-state index contributed by atoms with van der Waals surface area (Å²) in [6, 6.07) is 7.15. The quantitative estimate of drug-likeness (QED) is 0.787. The van der Waals surface area contributed by atoms with E-state index in [2.05, 4.69) is 10.2 Å². The Morgan fingerprint density at radius 1 is 1.26 bits per heavy atom. The first kappa shape index (κ1) is 16.3. The van der Waals surface area contributed by atoms with Crippen LogP contribution in [-0.2, 0) is 9.53 Å². The lowest BCUT2D eigenvalue weighted by Crippen LogP contribution is -2.44. The van der Waals surface area contributed by atoms with Gasteiger partial charge in [0.15, 0.2) is 0 Å². The van der Waals surface area contributed by atoms with Gasteiger partial charge in [0.1, 0.15) is 0 Å². The van der Waals surface area contributed by atoms with Crippen LogP contribution in [0, 0.1) is 0 Å². The lowest BCUT2D eigenvalue weighted by Gasteiger charge is -2.28. The lowest BCUT2D eigenvalue weighted by atomic mass is 10.2. The van der Waals surface area contributed by atoms with E-state index in [1.165, 1.54) is 11.8 Å². The van der Waals surface area contributed by atoms with Crippen LogP contribution in [0.25, 0.3) is 11.5 Å². The first-order valence-electron chi connectivity index (χ1n) is 7.26. The van der Waals surface area contributed by atoms with E-state index in [9.17, 15) is 4.79 Å². The zero-order chi connectivity index (χ0) is 16.2. The molecule has 0 bridgehead atoms. The van der Waals surface area contributed by atoms with Crippen molar-refractivity contribution in [3.05, 3.63) is 29.3 Å². The number of rotatable bonds is 4. The van der Waals surface area contributed by atoms with Crippen LogP contribution in [0.1, 0.15) is 6.92 Å². The van der Waals surface area contributed by atoms with Gasteiger partial charge in [0.25, 0.3) is 5.22 Å². The summed E-state index contributed by atoms with van der Waals surface area (Å²) >= 11 is 7.13. The molecule has 0 aliphatic carbocycles. The average molecular weight is 354 g/mol. The molecule has 6 nitrogen and oxygen atoms in total. The third kappa shape index (κ3) is 4.04. The van der Waals surface area contributed by atoms with Crippen molar-refractivity contribution in [2.75, 3.05) is 26.3 Å². The molecule has 1 saturated heterocycles.